The first-order valence-electron chi connectivity index (χ1n) is 7.28. The molecule has 4 rings (SSSR count). The molecule has 0 aliphatic carbocycles. The molecular weight excluding hydrogens is 294 g/mol. The Hall–Kier alpha value is -3.04. The van der Waals surface area contributed by atoms with Crippen LogP contribution in [0.5, 0.6) is 5.88 Å². The Morgan fingerprint density at radius 1 is 1.17 bits per heavy atom. The van der Waals surface area contributed by atoms with Crippen molar-refractivity contribution in [1.29, 1.82) is 5.26 Å². The van der Waals surface area contributed by atoms with Crippen LogP contribution in [-0.4, -0.2) is 19.3 Å². The average molecular weight is 307 g/mol. The number of aromatic nitrogens is 2. The highest BCUT2D eigenvalue weighted by Gasteiger charge is 2.31. The van der Waals surface area contributed by atoms with Crippen molar-refractivity contribution in [3.8, 4) is 17.6 Å². The summed E-state index contributed by atoms with van der Waals surface area (Å²) in [6, 6.07) is 12.6. The van der Waals surface area contributed by atoms with Crippen molar-refractivity contribution in [1.82, 2.24) is 9.13 Å². The third-order valence-corrected chi connectivity index (χ3v) is 4.36. The second-order valence-electron chi connectivity index (χ2n) is 5.57. The number of nitriles is 1. The molecule has 3 aromatic rings. The molecule has 2 heterocycles. The molecule has 0 saturated carbocycles. The van der Waals surface area contributed by atoms with E-state index in [0.717, 1.165) is 0 Å². The minimum Gasteiger partial charge on any atom is -0.493 e. The molecule has 1 aliphatic heterocycles. The summed E-state index contributed by atoms with van der Waals surface area (Å²) >= 11 is 0. The second-order valence-corrected chi connectivity index (χ2v) is 5.57. The SMILES string of the molecule is N#Cc1ccc(-n2c(O)c3n(c2=O)CC[C@H]3O)c2ccccc12. The lowest BCUT2D eigenvalue weighted by Crippen LogP contribution is -2.22. The van der Waals surface area contributed by atoms with Crippen LogP contribution in [0.25, 0.3) is 16.5 Å². The molecule has 1 aliphatic rings. The molecule has 6 heteroatoms. The van der Waals surface area contributed by atoms with Crippen LogP contribution in [0.15, 0.2) is 41.2 Å². The topological polar surface area (TPSA) is 91.2 Å². The summed E-state index contributed by atoms with van der Waals surface area (Å²) in [5.41, 5.74) is 0.868. The van der Waals surface area contributed by atoms with Gasteiger partial charge in [0.25, 0.3) is 0 Å². The van der Waals surface area contributed by atoms with E-state index < -0.39 is 6.10 Å². The van der Waals surface area contributed by atoms with Gasteiger partial charge in [-0.3, -0.25) is 4.57 Å². The van der Waals surface area contributed by atoms with Gasteiger partial charge in [-0.1, -0.05) is 24.3 Å². The molecule has 2 aromatic carbocycles. The lowest BCUT2D eigenvalue weighted by Gasteiger charge is -2.10. The minimum absolute atomic E-state index is 0.241. The Labute approximate surface area is 131 Å². The van der Waals surface area contributed by atoms with Crippen molar-refractivity contribution in [3.63, 3.8) is 0 Å². The molecule has 0 radical (unpaired) electrons. The number of aliphatic hydroxyl groups is 1. The van der Waals surface area contributed by atoms with Crippen molar-refractivity contribution < 1.29 is 10.2 Å². The molecular formula is C17H13N3O3. The largest absolute Gasteiger partial charge is 0.493 e. The smallest absolute Gasteiger partial charge is 0.336 e. The monoisotopic (exact) mass is 307 g/mol. The van der Waals surface area contributed by atoms with Crippen molar-refractivity contribution in [2.45, 2.75) is 19.1 Å². The van der Waals surface area contributed by atoms with Gasteiger partial charge >= 0.3 is 5.69 Å². The molecule has 1 aromatic heterocycles. The summed E-state index contributed by atoms with van der Waals surface area (Å²) in [6.07, 6.45) is -0.416. The normalized spacial score (nSPS) is 16.4. The van der Waals surface area contributed by atoms with Gasteiger partial charge in [-0.25, -0.2) is 9.36 Å². The number of aliphatic hydroxyl groups excluding tert-OH is 1. The number of aromatic hydroxyl groups is 1. The Morgan fingerprint density at radius 3 is 2.61 bits per heavy atom. The van der Waals surface area contributed by atoms with Crippen LogP contribution in [0.2, 0.25) is 0 Å². The predicted octanol–water partition coefficient (Wildman–Crippen LogP) is 1.81. The zero-order valence-corrected chi connectivity index (χ0v) is 12.1. The third-order valence-electron chi connectivity index (χ3n) is 4.36. The molecule has 0 saturated heterocycles. The van der Waals surface area contributed by atoms with Gasteiger partial charge in [-0.15, -0.1) is 0 Å². The first-order chi connectivity index (χ1) is 11.1. The summed E-state index contributed by atoms with van der Waals surface area (Å²) in [7, 11) is 0. The Kier molecular flexibility index (Phi) is 2.80. The number of imidazole rings is 1. The maximum Gasteiger partial charge on any atom is 0.336 e. The van der Waals surface area contributed by atoms with E-state index in [1.54, 1.807) is 24.3 Å². The van der Waals surface area contributed by atoms with Crippen molar-refractivity contribution in [3.05, 3.63) is 58.1 Å². The highest BCUT2D eigenvalue weighted by atomic mass is 16.3. The second kappa shape index (κ2) is 4.73. The van der Waals surface area contributed by atoms with E-state index in [1.165, 1.54) is 9.13 Å². The number of nitrogens with zero attached hydrogens (tertiary/aromatic N) is 3. The highest BCUT2D eigenvalue weighted by molar-refractivity contribution is 5.94. The first-order valence-corrected chi connectivity index (χ1v) is 7.28. The molecule has 23 heavy (non-hydrogen) atoms. The maximum absolute atomic E-state index is 12.6. The summed E-state index contributed by atoms with van der Waals surface area (Å²) in [5.74, 6) is -0.241. The molecule has 1 atom stereocenters. The van der Waals surface area contributed by atoms with Gasteiger partial charge < -0.3 is 10.2 Å². The fraction of sp³-hybridized carbons (Fsp3) is 0.176. The molecule has 0 spiro atoms. The Bertz CT molecular complexity index is 1040. The lowest BCUT2D eigenvalue weighted by atomic mass is 10.0. The van der Waals surface area contributed by atoms with Crippen LogP contribution in [0.3, 0.4) is 0 Å². The highest BCUT2D eigenvalue weighted by Crippen LogP contribution is 2.35. The van der Waals surface area contributed by atoms with E-state index >= 15 is 0 Å². The molecule has 0 unspecified atom stereocenters. The van der Waals surface area contributed by atoms with E-state index in [-0.39, 0.29) is 17.3 Å². The average Bonchev–Trinajstić information content (AvgIpc) is 3.07. The lowest BCUT2D eigenvalue weighted by molar-refractivity contribution is 0.175. The van der Waals surface area contributed by atoms with Crippen LogP contribution in [-0.2, 0) is 6.54 Å². The van der Waals surface area contributed by atoms with E-state index in [1.807, 2.05) is 12.1 Å². The van der Waals surface area contributed by atoms with Crippen molar-refractivity contribution in [2.75, 3.05) is 0 Å². The minimum atomic E-state index is -0.839. The van der Waals surface area contributed by atoms with E-state index in [2.05, 4.69) is 6.07 Å². The third kappa shape index (κ3) is 1.74. The number of benzene rings is 2. The van der Waals surface area contributed by atoms with Crippen molar-refractivity contribution >= 4 is 10.8 Å². The van der Waals surface area contributed by atoms with Crippen LogP contribution >= 0.6 is 0 Å². The molecule has 0 amide bonds. The predicted molar refractivity (Wildman–Crippen MR) is 83.5 cm³/mol. The maximum atomic E-state index is 12.6. The quantitative estimate of drug-likeness (QED) is 0.717. The van der Waals surface area contributed by atoms with Crippen LogP contribution in [0.1, 0.15) is 23.8 Å². The van der Waals surface area contributed by atoms with Gasteiger partial charge in [-0.05, 0) is 18.6 Å². The summed E-state index contributed by atoms with van der Waals surface area (Å²) in [6.45, 7) is 0.379. The van der Waals surface area contributed by atoms with E-state index in [0.29, 0.717) is 35.0 Å². The standard InChI is InChI=1S/C17H13N3O3/c18-9-10-5-6-13(12-4-2-1-3-11(10)12)20-16(22)15-14(21)7-8-19(15)17(20)23/h1-6,14,21-22H,7-8H2/t14-/m1/s1. The Balaban J connectivity index is 2.09. The number of rotatable bonds is 1. The molecule has 0 bridgehead atoms. The van der Waals surface area contributed by atoms with E-state index in [9.17, 15) is 20.3 Å². The molecule has 6 nitrogen and oxygen atoms in total. The number of hydrogen-bond donors (Lipinski definition) is 2. The first kappa shape index (κ1) is 13.6. The van der Waals surface area contributed by atoms with Gasteiger partial charge in [0.05, 0.1) is 17.3 Å². The van der Waals surface area contributed by atoms with E-state index in [4.69, 9.17) is 0 Å². The summed E-state index contributed by atoms with van der Waals surface area (Å²) in [4.78, 5) is 12.6. The fourth-order valence-corrected chi connectivity index (χ4v) is 3.28. The van der Waals surface area contributed by atoms with Crippen molar-refractivity contribution in [2.24, 2.45) is 0 Å². The van der Waals surface area contributed by atoms with Gasteiger partial charge in [0.1, 0.15) is 11.8 Å². The van der Waals surface area contributed by atoms with Crippen LogP contribution in [0.4, 0.5) is 0 Å². The fourth-order valence-electron chi connectivity index (χ4n) is 3.28. The van der Waals surface area contributed by atoms with Gasteiger partial charge in [0, 0.05) is 17.3 Å². The Morgan fingerprint density at radius 2 is 1.91 bits per heavy atom. The van der Waals surface area contributed by atoms with Crippen LogP contribution < -0.4 is 5.69 Å². The number of hydrogen-bond acceptors (Lipinski definition) is 4. The summed E-state index contributed by atoms with van der Waals surface area (Å²) < 4.78 is 2.59. The summed E-state index contributed by atoms with van der Waals surface area (Å²) in [5, 5.41) is 31.1. The zero-order chi connectivity index (χ0) is 16.1. The zero-order valence-electron chi connectivity index (χ0n) is 12.1. The molecule has 114 valence electrons. The van der Waals surface area contributed by atoms with Gasteiger partial charge in [0.15, 0.2) is 0 Å². The molecule has 0 fully saturated rings. The van der Waals surface area contributed by atoms with Gasteiger partial charge in [-0.2, -0.15) is 5.26 Å². The van der Waals surface area contributed by atoms with Gasteiger partial charge in [0.2, 0.25) is 5.88 Å². The molecule has 2 N–H and O–H groups in total. The number of fused-ring (bicyclic) bond motifs is 2. The van der Waals surface area contributed by atoms with Crippen LogP contribution in [0, 0.1) is 11.3 Å².